The Bertz CT molecular complexity index is 356. The number of hydrogen-bond donors (Lipinski definition) is 5. The number of rotatable bonds is 8. The van der Waals surface area contributed by atoms with E-state index in [0.29, 0.717) is 11.3 Å². The van der Waals surface area contributed by atoms with Gasteiger partial charge in [-0.3, -0.25) is 0 Å². The number of methoxy groups -OCH3 is 1. The topological polar surface area (TPSA) is 102 Å². The minimum atomic E-state index is -1.19. The van der Waals surface area contributed by atoms with Gasteiger partial charge in [0.05, 0.1) is 38.6 Å². The van der Waals surface area contributed by atoms with E-state index in [1.54, 1.807) is 31.4 Å². The number of benzene rings is 1. The molecule has 0 fully saturated rings. The number of β-amino-alcohol motifs (C(OH)–C–C–N with tert-alkyl or cyclic N) is 1. The van der Waals surface area contributed by atoms with Crippen LogP contribution in [-0.4, -0.2) is 59.4 Å². The molecule has 0 spiro atoms. The first-order valence-electron chi connectivity index (χ1n) is 6.00. The molecule has 6 heteroatoms. The number of nitrogens with one attached hydrogen (secondary N) is 1. The molecule has 1 unspecified atom stereocenters. The van der Waals surface area contributed by atoms with E-state index in [1.807, 2.05) is 0 Å². The fraction of sp³-hybridized carbons (Fsp3) is 0.538. The maximum Gasteiger partial charge on any atom is 0.118 e. The van der Waals surface area contributed by atoms with Gasteiger partial charge in [0.1, 0.15) is 5.75 Å². The van der Waals surface area contributed by atoms with E-state index in [0.717, 1.165) is 0 Å². The Labute approximate surface area is 112 Å². The lowest BCUT2D eigenvalue weighted by Gasteiger charge is -2.30. The van der Waals surface area contributed by atoms with Crippen molar-refractivity contribution in [2.45, 2.75) is 11.6 Å². The van der Waals surface area contributed by atoms with Gasteiger partial charge in [-0.05, 0) is 17.7 Å². The minimum Gasteiger partial charge on any atom is -0.497 e. The molecule has 0 aliphatic rings. The minimum absolute atomic E-state index is 0.105. The van der Waals surface area contributed by atoms with Crippen molar-refractivity contribution in [1.82, 2.24) is 5.32 Å². The van der Waals surface area contributed by atoms with Crippen LogP contribution in [0, 0.1) is 0 Å². The lowest BCUT2D eigenvalue weighted by molar-refractivity contribution is 0.0322. The molecule has 5 N–H and O–H groups in total. The molecule has 1 aromatic carbocycles. The fourth-order valence-corrected chi connectivity index (χ4v) is 1.57. The van der Waals surface area contributed by atoms with E-state index >= 15 is 0 Å². The van der Waals surface area contributed by atoms with Crippen LogP contribution in [0.2, 0.25) is 0 Å². The van der Waals surface area contributed by atoms with Crippen LogP contribution >= 0.6 is 0 Å². The van der Waals surface area contributed by atoms with Crippen LogP contribution in [0.15, 0.2) is 24.3 Å². The molecule has 1 atom stereocenters. The smallest absolute Gasteiger partial charge is 0.118 e. The highest BCUT2D eigenvalue weighted by molar-refractivity contribution is 5.28. The van der Waals surface area contributed by atoms with Gasteiger partial charge in [0, 0.05) is 6.54 Å². The summed E-state index contributed by atoms with van der Waals surface area (Å²) in [5, 5.41) is 40.2. The predicted molar refractivity (Wildman–Crippen MR) is 69.9 cm³/mol. The molecule has 0 radical (unpaired) electrons. The second-order valence-electron chi connectivity index (χ2n) is 4.42. The molecular formula is C13H21NO5. The predicted octanol–water partition coefficient (Wildman–Crippen LogP) is -0.966. The van der Waals surface area contributed by atoms with Crippen LogP contribution in [0.4, 0.5) is 0 Å². The lowest BCUT2D eigenvalue weighted by Crippen LogP contribution is -2.55. The average molecular weight is 271 g/mol. The SMILES string of the molecule is COc1ccc(C(O)CNC(CO)(CO)CO)cc1. The molecule has 0 saturated carbocycles. The standard InChI is InChI=1S/C13H21NO5/c1-19-11-4-2-10(3-5-11)12(18)6-14-13(7-15,8-16)9-17/h2-5,12,14-18H,6-9H2,1H3. The van der Waals surface area contributed by atoms with Gasteiger partial charge in [-0.25, -0.2) is 0 Å². The second kappa shape index (κ2) is 7.42. The van der Waals surface area contributed by atoms with Gasteiger partial charge < -0.3 is 30.5 Å². The average Bonchev–Trinajstić information content (AvgIpc) is 2.49. The Morgan fingerprint density at radius 1 is 1.11 bits per heavy atom. The number of hydrogen-bond acceptors (Lipinski definition) is 6. The molecule has 0 bridgehead atoms. The van der Waals surface area contributed by atoms with Crippen LogP contribution in [-0.2, 0) is 0 Å². The molecule has 1 aromatic rings. The van der Waals surface area contributed by atoms with Crippen LogP contribution in [0.3, 0.4) is 0 Å². The van der Waals surface area contributed by atoms with Gasteiger partial charge in [0.25, 0.3) is 0 Å². The van der Waals surface area contributed by atoms with Gasteiger partial charge in [0.15, 0.2) is 0 Å². The summed E-state index contributed by atoms with van der Waals surface area (Å²) in [7, 11) is 1.56. The van der Waals surface area contributed by atoms with Crippen molar-refractivity contribution in [2.75, 3.05) is 33.5 Å². The van der Waals surface area contributed by atoms with Gasteiger partial charge in [-0.1, -0.05) is 12.1 Å². The maximum absolute atomic E-state index is 9.99. The van der Waals surface area contributed by atoms with E-state index in [-0.39, 0.29) is 6.54 Å². The summed E-state index contributed by atoms with van der Waals surface area (Å²) in [6.45, 7) is -1.16. The molecule has 19 heavy (non-hydrogen) atoms. The lowest BCUT2D eigenvalue weighted by atomic mass is 10.0. The molecule has 0 aromatic heterocycles. The zero-order chi connectivity index (χ0) is 14.3. The first-order valence-corrected chi connectivity index (χ1v) is 6.00. The van der Waals surface area contributed by atoms with Crippen molar-refractivity contribution in [3.63, 3.8) is 0 Å². The Balaban J connectivity index is 2.60. The Hall–Kier alpha value is -1.18. The molecule has 108 valence electrons. The van der Waals surface area contributed by atoms with Crippen molar-refractivity contribution in [3.05, 3.63) is 29.8 Å². The zero-order valence-corrected chi connectivity index (χ0v) is 10.9. The van der Waals surface area contributed by atoms with E-state index in [1.165, 1.54) is 0 Å². The summed E-state index contributed by atoms with van der Waals surface area (Å²) in [6, 6.07) is 6.92. The van der Waals surface area contributed by atoms with Crippen LogP contribution < -0.4 is 10.1 Å². The highest BCUT2D eigenvalue weighted by Gasteiger charge is 2.28. The van der Waals surface area contributed by atoms with E-state index in [9.17, 15) is 5.11 Å². The summed E-state index contributed by atoms with van der Waals surface area (Å²) in [5.74, 6) is 0.694. The van der Waals surface area contributed by atoms with Crippen LogP contribution in [0.1, 0.15) is 11.7 Å². The first-order chi connectivity index (χ1) is 9.10. The number of aliphatic hydroxyl groups excluding tert-OH is 4. The van der Waals surface area contributed by atoms with Gasteiger partial charge in [-0.15, -0.1) is 0 Å². The van der Waals surface area contributed by atoms with Crippen molar-refractivity contribution in [2.24, 2.45) is 0 Å². The monoisotopic (exact) mass is 271 g/mol. The van der Waals surface area contributed by atoms with Crippen molar-refractivity contribution in [1.29, 1.82) is 0 Å². The van der Waals surface area contributed by atoms with E-state index in [2.05, 4.69) is 5.32 Å². The third-order valence-corrected chi connectivity index (χ3v) is 3.08. The normalized spacial score (nSPS) is 13.3. The maximum atomic E-state index is 9.99. The molecule has 0 aliphatic carbocycles. The van der Waals surface area contributed by atoms with Crippen molar-refractivity contribution >= 4 is 0 Å². The molecule has 0 amide bonds. The summed E-state index contributed by atoms with van der Waals surface area (Å²) in [5.41, 5.74) is -0.510. The zero-order valence-electron chi connectivity index (χ0n) is 10.9. The largest absolute Gasteiger partial charge is 0.497 e. The fourth-order valence-electron chi connectivity index (χ4n) is 1.57. The van der Waals surface area contributed by atoms with Crippen molar-refractivity contribution in [3.8, 4) is 5.75 Å². The highest BCUT2D eigenvalue weighted by Crippen LogP contribution is 2.17. The molecule has 0 aliphatic heterocycles. The summed E-state index contributed by atoms with van der Waals surface area (Å²) < 4.78 is 5.02. The first kappa shape index (κ1) is 15.9. The molecule has 6 nitrogen and oxygen atoms in total. The van der Waals surface area contributed by atoms with Crippen LogP contribution in [0.25, 0.3) is 0 Å². The van der Waals surface area contributed by atoms with E-state index in [4.69, 9.17) is 20.1 Å². The quantitative estimate of drug-likeness (QED) is 0.417. The van der Waals surface area contributed by atoms with Gasteiger partial charge >= 0.3 is 0 Å². The molecular weight excluding hydrogens is 250 g/mol. The Kier molecular flexibility index (Phi) is 6.20. The summed E-state index contributed by atoms with van der Waals surface area (Å²) in [4.78, 5) is 0. The third-order valence-electron chi connectivity index (χ3n) is 3.08. The second-order valence-corrected chi connectivity index (χ2v) is 4.42. The van der Waals surface area contributed by atoms with Crippen LogP contribution in [0.5, 0.6) is 5.75 Å². The Morgan fingerprint density at radius 2 is 1.63 bits per heavy atom. The summed E-state index contributed by atoms with van der Waals surface area (Å²) >= 11 is 0. The van der Waals surface area contributed by atoms with E-state index < -0.39 is 31.5 Å². The highest BCUT2D eigenvalue weighted by atomic mass is 16.5. The summed E-state index contributed by atoms with van der Waals surface area (Å²) in [6.07, 6.45) is -0.810. The molecule has 0 heterocycles. The third kappa shape index (κ3) is 4.15. The van der Waals surface area contributed by atoms with Gasteiger partial charge in [0.2, 0.25) is 0 Å². The molecule has 0 saturated heterocycles. The van der Waals surface area contributed by atoms with Crippen molar-refractivity contribution < 1.29 is 25.2 Å². The Morgan fingerprint density at radius 3 is 2.05 bits per heavy atom. The number of aliphatic hydroxyl groups is 4. The molecule has 1 rings (SSSR count). The van der Waals surface area contributed by atoms with Gasteiger partial charge in [-0.2, -0.15) is 0 Å². The number of ether oxygens (including phenoxy) is 1.